The molecule has 3 rings (SSSR count). The normalized spacial score (nSPS) is 11.1. The molecule has 0 fully saturated rings. The van der Waals surface area contributed by atoms with Crippen LogP contribution in [0.4, 0.5) is 4.39 Å². The molecule has 0 aliphatic carbocycles. The van der Waals surface area contributed by atoms with Crippen LogP contribution in [0.15, 0.2) is 71.8 Å². The van der Waals surface area contributed by atoms with E-state index < -0.39 is 10.0 Å². The molecule has 0 atom stereocenters. The molecule has 2 aromatic carbocycles. The summed E-state index contributed by atoms with van der Waals surface area (Å²) in [5.41, 5.74) is 1.09. The Morgan fingerprint density at radius 1 is 1.07 bits per heavy atom. The Labute approximate surface area is 174 Å². The molecule has 0 aliphatic heterocycles. The second-order valence-electron chi connectivity index (χ2n) is 6.27. The number of hydrogen-bond acceptors (Lipinski definition) is 5. The van der Waals surface area contributed by atoms with Gasteiger partial charge >= 0.3 is 0 Å². The number of carbonyl (C=O) groups is 1. The molecule has 156 valence electrons. The van der Waals surface area contributed by atoms with Gasteiger partial charge in [-0.2, -0.15) is 0 Å². The third kappa shape index (κ3) is 5.62. The van der Waals surface area contributed by atoms with Crippen LogP contribution in [0.1, 0.15) is 22.8 Å². The SMILES string of the molecule is CCNS(=O)(=O)c1ccc(C(=O)NCc2ccnc(Oc3ccc(F)cc3)c2)cc1. The zero-order valence-electron chi connectivity index (χ0n) is 16.1. The minimum Gasteiger partial charge on any atom is -0.439 e. The number of nitrogens with one attached hydrogen (secondary N) is 2. The van der Waals surface area contributed by atoms with Crippen LogP contribution in [0.3, 0.4) is 0 Å². The summed E-state index contributed by atoms with van der Waals surface area (Å²) >= 11 is 0. The number of nitrogens with zero attached hydrogens (tertiary/aromatic N) is 1. The lowest BCUT2D eigenvalue weighted by atomic mass is 10.2. The maximum absolute atomic E-state index is 13.0. The number of benzene rings is 2. The lowest BCUT2D eigenvalue weighted by Gasteiger charge is -2.09. The molecule has 0 bridgehead atoms. The maximum atomic E-state index is 13.0. The summed E-state index contributed by atoms with van der Waals surface area (Å²) in [7, 11) is -3.56. The Bertz CT molecular complexity index is 1120. The summed E-state index contributed by atoms with van der Waals surface area (Å²) in [5.74, 6) is 0.0447. The van der Waals surface area contributed by atoms with E-state index in [0.29, 0.717) is 17.2 Å². The van der Waals surface area contributed by atoms with Crippen LogP contribution in [0.2, 0.25) is 0 Å². The highest BCUT2D eigenvalue weighted by molar-refractivity contribution is 7.89. The minimum atomic E-state index is -3.56. The third-order valence-corrected chi connectivity index (χ3v) is 5.61. The zero-order valence-corrected chi connectivity index (χ0v) is 16.9. The van der Waals surface area contributed by atoms with Crippen LogP contribution < -0.4 is 14.8 Å². The van der Waals surface area contributed by atoms with Crippen LogP contribution in [0.5, 0.6) is 11.6 Å². The van der Waals surface area contributed by atoms with Gasteiger partial charge < -0.3 is 10.1 Å². The fourth-order valence-electron chi connectivity index (χ4n) is 2.58. The Balaban J connectivity index is 1.61. The minimum absolute atomic E-state index is 0.0950. The Morgan fingerprint density at radius 2 is 1.77 bits per heavy atom. The van der Waals surface area contributed by atoms with E-state index in [4.69, 9.17) is 4.74 Å². The predicted octanol–water partition coefficient (Wildman–Crippen LogP) is 3.24. The van der Waals surface area contributed by atoms with E-state index in [9.17, 15) is 17.6 Å². The number of rotatable bonds is 8. The molecule has 0 unspecified atom stereocenters. The van der Waals surface area contributed by atoms with Gasteiger partial charge in [0.1, 0.15) is 11.6 Å². The first-order valence-electron chi connectivity index (χ1n) is 9.13. The number of halogens is 1. The van der Waals surface area contributed by atoms with Crippen molar-refractivity contribution in [2.45, 2.75) is 18.4 Å². The monoisotopic (exact) mass is 429 g/mol. The van der Waals surface area contributed by atoms with Gasteiger partial charge in [0.2, 0.25) is 15.9 Å². The number of amides is 1. The van der Waals surface area contributed by atoms with Gasteiger partial charge in [-0.25, -0.2) is 22.5 Å². The van der Waals surface area contributed by atoms with Crippen molar-refractivity contribution in [3.05, 3.63) is 83.8 Å². The van der Waals surface area contributed by atoms with Crippen molar-refractivity contribution >= 4 is 15.9 Å². The fraction of sp³-hybridized carbons (Fsp3) is 0.143. The van der Waals surface area contributed by atoms with E-state index in [1.165, 1.54) is 48.5 Å². The van der Waals surface area contributed by atoms with Crippen molar-refractivity contribution in [2.75, 3.05) is 6.54 Å². The first kappa shape index (κ1) is 21.4. The average Bonchev–Trinajstić information content (AvgIpc) is 2.74. The number of aromatic nitrogens is 1. The van der Waals surface area contributed by atoms with Crippen molar-refractivity contribution in [1.82, 2.24) is 15.0 Å². The molecule has 9 heteroatoms. The largest absolute Gasteiger partial charge is 0.439 e. The van der Waals surface area contributed by atoms with E-state index in [-0.39, 0.29) is 29.7 Å². The Hall–Kier alpha value is -3.30. The first-order chi connectivity index (χ1) is 14.4. The third-order valence-electron chi connectivity index (χ3n) is 4.05. The molecule has 30 heavy (non-hydrogen) atoms. The molecule has 1 heterocycles. The van der Waals surface area contributed by atoms with Crippen LogP contribution in [-0.4, -0.2) is 25.9 Å². The van der Waals surface area contributed by atoms with Crippen molar-refractivity contribution in [1.29, 1.82) is 0 Å². The van der Waals surface area contributed by atoms with Crippen LogP contribution >= 0.6 is 0 Å². The van der Waals surface area contributed by atoms with E-state index >= 15 is 0 Å². The smallest absolute Gasteiger partial charge is 0.251 e. The summed E-state index contributed by atoms with van der Waals surface area (Å²) < 4.78 is 44.9. The molecule has 0 aliphatic rings. The van der Waals surface area contributed by atoms with Gasteiger partial charge in [-0.05, 0) is 60.2 Å². The second kappa shape index (κ2) is 9.47. The Morgan fingerprint density at radius 3 is 2.43 bits per heavy atom. The molecular weight excluding hydrogens is 409 g/mol. The van der Waals surface area contributed by atoms with Gasteiger partial charge in [-0.15, -0.1) is 0 Å². The highest BCUT2D eigenvalue weighted by Crippen LogP contribution is 2.20. The quantitative estimate of drug-likeness (QED) is 0.573. The summed E-state index contributed by atoms with van der Waals surface area (Å²) in [6.45, 7) is 2.19. The van der Waals surface area contributed by atoms with E-state index in [1.54, 1.807) is 25.3 Å². The average molecular weight is 429 g/mol. The molecule has 1 amide bonds. The van der Waals surface area contributed by atoms with Gasteiger partial charge in [-0.3, -0.25) is 4.79 Å². The molecule has 1 aromatic heterocycles. The predicted molar refractivity (Wildman–Crippen MR) is 109 cm³/mol. The van der Waals surface area contributed by atoms with Gasteiger partial charge in [-0.1, -0.05) is 6.92 Å². The lowest BCUT2D eigenvalue weighted by molar-refractivity contribution is 0.0950. The number of hydrogen-bond donors (Lipinski definition) is 2. The molecule has 0 spiro atoms. The van der Waals surface area contributed by atoms with E-state index in [2.05, 4.69) is 15.0 Å². The van der Waals surface area contributed by atoms with Gasteiger partial charge in [0, 0.05) is 30.9 Å². The summed E-state index contributed by atoms with van der Waals surface area (Å²) in [5, 5.41) is 2.76. The summed E-state index contributed by atoms with van der Waals surface area (Å²) in [6, 6.07) is 14.6. The van der Waals surface area contributed by atoms with Crippen LogP contribution in [0, 0.1) is 5.82 Å². The standard InChI is InChI=1S/C21H20FN3O4S/c1-2-25-30(27,28)19-9-3-16(4-10-19)21(26)24-14-15-11-12-23-20(13-15)29-18-7-5-17(22)6-8-18/h3-13,25H,2,14H2,1H3,(H,24,26). The molecule has 0 radical (unpaired) electrons. The van der Waals surface area contributed by atoms with Gasteiger partial charge in [0.25, 0.3) is 5.91 Å². The van der Waals surface area contributed by atoms with Gasteiger partial charge in [0.15, 0.2) is 0 Å². The van der Waals surface area contributed by atoms with E-state index in [0.717, 1.165) is 5.56 Å². The van der Waals surface area contributed by atoms with Crippen molar-refractivity contribution in [3.63, 3.8) is 0 Å². The lowest BCUT2D eigenvalue weighted by Crippen LogP contribution is -2.24. The Kier molecular flexibility index (Phi) is 6.76. The van der Waals surface area contributed by atoms with Crippen molar-refractivity contribution in [2.24, 2.45) is 0 Å². The highest BCUT2D eigenvalue weighted by atomic mass is 32.2. The highest BCUT2D eigenvalue weighted by Gasteiger charge is 2.13. The first-order valence-corrected chi connectivity index (χ1v) is 10.6. The molecule has 2 N–H and O–H groups in total. The number of pyridine rings is 1. The summed E-state index contributed by atoms with van der Waals surface area (Å²) in [6.07, 6.45) is 1.54. The number of sulfonamides is 1. The fourth-order valence-corrected chi connectivity index (χ4v) is 3.62. The van der Waals surface area contributed by atoms with Crippen molar-refractivity contribution < 1.29 is 22.3 Å². The number of carbonyl (C=O) groups excluding carboxylic acids is 1. The molecule has 7 nitrogen and oxygen atoms in total. The topological polar surface area (TPSA) is 97.4 Å². The molecule has 0 saturated carbocycles. The van der Waals surface area contributed by atoms with E-state index in [1.807, 2.05) is 0 Å². The molecule has 0 saturated heterocycles. The van der Waals surface area contributed by atoms with Crippen molar-refractivity contribution in [3.8, 4) is 11.6 Å². The van der Waals surface area contributed by atoms with Crippen LogP contribution in [-0.2, 0) is 16.6 Å². The molecule has 3 aromatic rings. The second-order valence-corrected chi connectivity index (χ2v) is 8.03. The number of ether oxygens (including phenoxy) is 1. The molecular formula is C21H20FN3O4S. The zero-order chi connectivity index (χ0) is 21.6. The maximum Gasteiger partial charge on any atom is 0.251 e. The van der Waals surface area contributed by atoms with Crippen LogP contribution in [0.25, 0.3) is 0 Å². The summed E-state index contributed by atoms with van der Waals surface area (Å²) in [4.78, 5) is 16.5. The van der Waals surface area contributed by atoms with Gasteiger partial charge in [0.05, 0.1) is 4.90 Å².